The van der Waals surface area contributed by atoms with Gasteiger partial charge in [-0.05, 0) is 49.6 Å². The molecular formula is C23H25N3O4. The van der Waals surface area contributed by atoms with Gasteiger partial charge < -0.3 is 20.3 Å². The first-order valence-electron chi connectivity index (χ1n) is 10.1. The highest BCUT2D eigenvalue weighted by atomic mass is 16.5. The maximum atomic E-state index is 12.9. The first-order chi connectivity index (χ1) is 14.5. The summed E-state index contributed by atoms with van der Waals surface area (Å²) in [5.74, 6) is -0.510. The van der Waals surface area contributed by atoms with Crippen molar-refractivity contribution < 1.29 is 19.1 Å². The Morgan fingerprint density at radius 2 is 1.90 bits per heavy atom. The maximum Gasteiger partial charge on any atom is 0.253 e. The number of carbonyl (C=O) groups excluding carboxylic acids is 3. The van der Waals surface area contributed by atoms with Gasteiger partial charge in [0.25, 0.3) is 5.91 Å². The fraction of sp³-hybridized carbons (Fsp3) is 0.348. The summed E-state index contributed by atoms with van der Waals surface area (Å²) in [7, 11) is 1.56. The van der Waals surface area contributed by atoms with Gasteiger partial charge in [-0.3, -0.25) is 14.4 Å². The van der Waals surface area contributed by atoms with Crippen LogP contribution in [0.1, 0.15) is 35.2 Å². The summed E-state index contributed by atoms with van der Waals surface area (Å²) in [4.78, 5) is 39.6. The van der Waals surface area contributed by atoms with Gasteiger partial charge in [-0.25, -0.2) is 0 Å². The van der Waals surface area contributed by atoms with Crippen molar-refractivity contribution in [3.8, 4) is 5.75 Å². The second kappa shape index (κ2) is 8.18. The third kappa shape index (κ3) is 4.15. The number of rotatable bonds is 6. The molecule has 1 saturated heterocycles. The molecule has 7 nitrogen and oxygen atoms in total. The third-order valence-corrected chi connectivity index (χ3v) is 5.46. The van der Waals surface area contributed by atoms with Crippen molar-refractivity contribution in [2.75, 3.05) is 23.9 Å². The number of nitrogens with one attached hydrogen (secondary N) is 2. The topological polar surface area (TPSA) is 87.7 Å². The quantitative estimate of drug-likeness (QED) is 0.771. The molecule has 0 radical (unpaired) electrons. The Balaban J connectivity index is 1.49. The third-order valence-electron chi connectivity index (χ3n) is 5.46. The molecule has 1 saturated carbocycles. The number of para-hydroxylation sites is 1. The van der Waals surface area contributed by atoms with Crippen LogP contribution in [-0.2, 0) is 9.59 Å². The van der Waals surface area contributed by atoms with Crippen molar-refractivity contribution in [3.63, 3.8) is 0 Å². The molecule has 2 aliphatic rings. The van der Waals surface area contributed by atoms with Gasteiger partial charge in [0, 0.05) is 19.0 Å². The van der Waals surface area contributed by atoms with E-state index in [9.17, 15) is 14.4 Å². The van der Waals surface area contributed by atoms with Gasteiger partial charge in [0.05, 0.1) is 30.0 Å². The lowest BCUT2D eigenvalue weighted by molar-refractivity contribution is -0.122. The number of ether oxygens (including phenoxy) is 1. The largest absolute Gasteiger partial charge is 0.495 e. The number of anilines is 2. The van der Waals surface area contributed by atoms with E-state index in [1.165, 1.54) is 0 Å². The minimum absolute atomic E-state index is 0.110. The summed E-state index contributed by atoms with van der Waals surface area (Å²) < 4.78 is 5.39. The standard InChI is InChI=1S/C23H25N3O4/c1-14-7-10-20(30-2)19(11-14)26-13-15(12-21(26)27)22(28)25-18-6-4-3-5-17(18)23(29)24-16-8-9-16/h3-7,10-11,15-16H,8-9,12-13H2,1-2H3,(H,24,29)(H,25,28)/t15-/m0/s1. The van der Waals surface area contributed by atoms with Crippen LogP contribution in [0.15, 0.2) is 42.5 Å². The van der Waals surface area contributed by atoms with E-state index in [0.29, 0.717) is 22.7 Å². The Hall–Kier alpha value is -3.35. The second-order valence-corrected chi connectivity index (χ2v) is 7.86. The number of benzene rings is 2. The summed E-state index contributed by atoms with van der Waals surface area (Å²) in [5, 5.41) is 5.79. The fourth-order valence-electron chi connectivity index (χ4n) is 3.64. The van der Waals surface area contributed by atoms with Crippen LogP contribution < -0.4 is 20.3 Å². The smallest absolute Gasteiger partial charge is 0.253 e. The molecule has 1 aliphatic heterocycles. The second-order valence-electron chi connectivity index (χ2n) is 7.86. The zero-order valence-electron chi connectivity index (χ0n) is 17.1. The molecule has 3 amide bonds. The van der Waals surface area contributed by atoms with Crippen LogP contribution in [0.3, 0.4) is 0 Å². The Kier molecular flexibility index (Phi) is 5.44. The number of aryl methyl sites for hydroxylation is 1. The Bertz CT molecular complexity index is 1000. The van der Waals surface area contributed by atoms with Crippen LogP contribution >= 0.6 is 0 Å². The predicted molar refractivity (Wildman–Crippen MR) is 114 cm³/mol. The number of carbonyl (C=O) groups is 3. The van der Waals surface area contributed by atoms with Crippen LogP contribution in [0.2, 0.25) is 0 Å². The lowest BCUT2D eigenvalue weighted by atomic mass is 10.1. The molecule has 0 aromatic heterocycles. The van der Waals surface area contributed by atoms with Crippen LogP contribution in [0.5, 0.6) is 5.75 Å². The Labute approximate surface area is 175 Å². The predicted octanol–water partition coefficient (Wildman–Crippen LogP) is 2.89. The van der Waals surface area contributed by atoms with E-state index >= 15 is 0 Å². The number of methoxy groups -OCH3 is 1. The highest BCUT2D eigenvalue weighted by Gasteiger charge is 2.36. The molecule has 156 valence electrons. The lowest BCUT2D eigenvalue weighted by Crippen LogP contribution is -2.30. The minimum Gasteiger partial charge on any atom is -0.495 e. The van der Waals surface area contributed by atoms with E-state index in [1.54, 1.807) is 36.3 Å². The number of nitrogens with zero attached hydrogens (tertiary/aromatic N) is 1. The molecule has 0 bridgehead atoms. The Morgan fingerprint density at radius 1 is 1.13 bits per heavy atom. The first kappa shape index (κ1) is 19.9. The van der Waals surface area contributed by atoms with Crippen LogP contribution in [0, 0.1) is 12.8 Å². The van der Waals surface area contributed by atoms with Crippen molar-refractivity contribution in [1.82, 2.24) is 5.32 Å². The number of hydrogen-bond donors (Lipinski definition) is 2. The van der Waals surface area contributed by atoms with Gasteiger partial charge in [-0.2, -0.15) is 0 Å². The van der Waals surface area contributed by atoms with Crippen molar-refractivity contribution in [2.24, 2.45) is 5.92 Å². The highest BCUT2D eigenvalue weighted by Crippen LogP contribution is 2.34. The van der Waals surface area contributed by atoms with Gasteiger partial charge in [0.15, 0.2) is 0 Å². The summed E-state index contributed by atoms with van der Waals surface area (Å²) >= 11 is 0. The zero-order chi connectivity index (χ0) is 21.3. The monoisotopic (exact) mass is 407 g/mol. The molecule has 0 unspecified atom stereocenters. The fourth-order valence-corrected chi connectivity index (χ4v) is 3.64. The van der Waals surface area contributed by atoms with Crippen LogP contribution in [0.4, 0.5) is 11.4 Å². The molecule has 0 spiro atoms. The molecule has 30 heavy (non-hydrogen) atoms. The molecule has 7 heteroatoms. The van der Waals surface area contributed by atoms with E-state index in [4.69, 9.17) is 4.74 Å². The molecule has 2 aromatic rings. The highest BCUT2D eigenvalue weighted by molar-refractivity contribution is 6.07. The summed E-state index contributed by atoms with van der Waals surface area (Å²) in [6.45, 7) is 2.21. The SMILES string of the molecule is COc1ccc(C)cc1N1C[C@@H](C(=O)Nc2ccccc2C(=O)NC2CC2)CC1=O. The first-order valence-corrected chi connectivity index (χ1v) is 10.1. The summed E-state index contributed by atoms with van der Waals surface area (Å²) in [5.41, 5.74) is 2.56. The molecule has 2 fully saturated rings. The van der Waals surface area contributed by atoms with E-state index in [0.717, 1.165) is 18.4 Å². The zero-order valence-corrected chi connectivity index (χ0v) is 17.1. The van der Waals surface area contributed by atoms with Gasteiger partial charge in [0.2, 0.25) is 11.8 Å². The van der Waals surface area contributed by atoms with Crippen LogP contribution in [-0.4, -0.2) is 37.4 Å². The molecule has 4 rings (SSSR count). The van der Waals surface area contributed by atoms with E-state index < -0.39 is 5.92 Å². The maximum absolute atomic E-state index is 12.9. The average molecular weight is 407 g/mol. The van der Waals surface area contributed by atoms with Gasteiger partial charge in [-0.1, -0.05) is 18.2 Å². The molecule has 1 aliphatic carbocycles. The van der Waals surface area contributed by atoms with Crippen molar-refractivity contribution in [2.45, 2.75) is 32.2 Å². The lowest BCUT2D eigenvalue weighted by Gasteiger charge is -2.20. The Morgan fingerprint density at radius 3 is 2.63 bits per heavy atom. The summed E-state index contributed by atoms with van der Waals surface area (Å²) in [6, 6.07) is 12.8. The van der Waals surface area contributed by atoms with Gasteiger partial charge in [0.1, 0.15) is 5.75 Å². The van der Waals surface area contributed by atoms with Crippen molar-refractivity contribution >= 4 is 29.1 Å². The summed E-state index contributed by atoms with van der Waals surface area (Å²) in [6.07, 6.45) is 2.09. The number of hydrogen-bond acceptors (Lipinski definition) is 4. The molecule has 1 heterocycles. The van der Waals surface area contributed by atoms with Crippen molar-refractivity contribution in [3.05, 3.63) is 53.6 Å². The normalized spacial score (nSPS) is 18.3. The molecule has 2 N–H and O–H groups in total. The van der Waals surface area contributed by atoms with E-state index in [2.05, 4.69) is 10.6 Å². The van der Waals surface area contributed by atoms with Crippen molar-refractivity contribution in [1.29, 1.82) is 0 Å². The van der Waals surface area contributed by atoms with E-state index in [-0.39, 0.29) is 36.7 Å². The minimum atomic E-state index is -0.512. The molecule has 1 atom stereocenters. The molecular weight excluding hydrogens is 382 g/mol. The van der Waals surface area contributed by atoms with Gasteiger partial charge in [-0.15, -0.1) is 0 Å². The van der Waals surface area contributed by atoms with E-state index in [1.807, 2.05) is 25.1 Å². The molecule has 2 aromatic carbocycles. The van der Waals surface area contributed by atoms with Gasteiger partial charge >= 0.3 is 0 Å². The average Bonchev–Trinajstić information content (AvgIpc) is 3.46. The number of amides is 3. The van der Waals surface area contributed by atoms with Crippen LogP contribution in [0.25, 0.3) is 0 Å².